The Hall–Kier alpha value is -1.63. The molecule has 0 aromatic heterocycles. The Kier molecular flexibility index (Phi) is 5.29. The standard InChI is InChI=1S/C12H14BrFN2O3/c1-7(2)16(6-11(17)18)12(19)15-10-5-8(13)3-4-9(10)14/h3-5,7H,6H2,1-2H3,(H,15,19)(H,17,18). The van der Waals surface area contributed by atoms with Crippen LogP contribution in [0.25, 0.3) is 0 Å². The van der Waals surface area contributed by atoms with Gasteiger partial charge < -0.3 is 15.3 Å². The summed E-state index contributed by atoms with van der Waals surface area (Å²) in [4.78, 5) is 23.7. The van der Waals surface area contributed by atoms with Crippen molar-refractivity contribution in [3.05, 3.63) is 28.5 Å². The van der Waals surface area contributed by atoms with E-state index in [1.165, 1.54) is 18.2 Å². The predicted octanol–water partition coefficient (Wildman–Crippen LogP) is 2.92. The zero-order valence-electron chi connectivity index (χ0n) is 10.5. The number of benzene rings is 1. The second-order valence-electron chi connectivity index (χ2n) is 4.17. The van der Waals surface area contributed by atoms with E-state index in [2.05, 4.69) is 21.2 Å². The number of urea groups is 1. The van der Waals surface area contributed by atoms with Crippen LogP contribution in [0.15, 0.2) is 22.7 Å². The molecule has 0 aliphatic heterocycles. The summed E-state index contributed by atoms with van der Waals surface area (Å²) in [6.07, 6.45) is 0. The van der Waals surface area contributed by atoms with Crippen LogP contribution in [0.3, 0.4) is 0 Å². The third-order valence-electron chi connectivity index (χ3n) is 2.36. The molecule has 0 spiro atoms. The summed E-state index contributed by atoms with van der Waals surface area (Å²) < 4.78 is 14.1. The van der Waals surface area contributed by atoms with Gasteiger partial charge in [-0.2, -0.15) is 0 Å². The first kappa shape index (κ1) is 15.4. The molecule has 1 aromatic rings. The number of carboxylic acids is 1. The molecule has 0 unspecified atom stereocenters. The predicted molar refractivity (Wildman–Crippen MR) is 72.6 cm³/mol. The van der Waals surface area contributed by atoms with Crippen LogP contribution >= 0.6 is 15.9 Å². The van der Waals surface area contributed by atoms with Crippen molar-refractivity contribution in [3.63, 3.8) is 0 Å². The van der Waals surface area contributed by atoms with Crippen molar-refractivity contribution < 1.29 is 19.1 Å². The molecule has 0 radical (unpaired) electrons. The molecule has 2 amide bonds. The summed E-state index contributed by atoms with van der Waals surface area (Å²) in [7, 11) is 0. The topological polar surface area (TPSA) is 69.6 Å². The highest BCUT2D eigenvalue weighted by Crippen LogP contribution is 2.20. The highest BCUT2D eigenvalue weighted by molar-refractivity contribution is 9.10. The summed E-state index contributed by atoms with van der Waals surface area (Å²) in [5, 5.41) is 11.1. The molecule has 0 aliphatic rings. The SMILES string of the molecule is CC(C)N(CC(=O)O)C(=O)Nc1cc(Br)ccc1F. The third kappa shape index (κ3) is 4.51. The molecular formula is C12H14BrFN2O3. The summed E-state index contributed by atoms with van der Waals surface area (Å²) >= 11 is 3.17. The van der Waals surface area contributed by atoms with Gasteiger partial charge in [0.1, 0.15) is 12.4 Å². The first-order valence-electron chi connectivity index (χ1n) is 5.55. The van der Waals surface area contributed by atoms with Crippen LogP contribution in [0.5, 0.6) is 0 Å². The molecule has 7 heteroatoms. The van der Waals surface area contributed by atoms with Crippen LogP contribution < -0.4 is 5.32 Å². The number of carbonyl (C=O) groups excluding carboxylic acids is 1. The minimum atomic E-state index is -1.13. The largest absolute Gasteiger partial charge is 0.480 e. The molecule has 0 saturated heterocycles. The number of nitrogens with one attached hydrogen (secondary N) is 1. The normalized spacial score (nSPS) is 10.4. The van der Waals surface area contributed by atoms with Crippen LogP contribution in [0.4, 0.5) is 14.9 Å². The van der Waals surface area contributed by atoms with Gasteiger partial charge in [0, 0.05) is 10.5 Å². The van der Waals surface area contributed by atoms with Crippen LogP contribution in [-0.2, 0) is 4.79 Å². The van der Waals surface area contributed by atoms with E-state index in [1.807, 2.05) is 0 Å². The Morgan fingerprint density at radius 1 is 1.47 bits per heavy atom. The Bertz CT molecular complexity index is 494. The quantitative estimate of drug-likeness (QED) is 0.890. The second-order valence-corrected chi connectivity index (χ2v) is 5.09. The lowest BCUT2D eigenvalue weighted by atomic mass is 10.3. The van der Waals surface area contributed by atoms with Gasteiger partial charge in [0.2, 0.25) is 0 Å². The average molecular weight is 333 g/mol. The lowest BCUT2D eigenvalue weighted by molar-refractivity contribution is -0.137. The highest BCUT2D eigenvalue weighted by atomic mass is 79.9. The molecular weight excluding hydrogens is 319 g/mol. The number of nitrogens with zero attached hydrogens (tertiary/aromatic N) is 1. The number of aliphatic carboxylic acids is 1. The van der Waals surface area contributed by atoms with Crippen molar-refractivity contribution in [2.45, 2.75) is 19.9 Å². The molecule has 0 bridgehead atoms. The molecule has 0 aliphatic carbocycles. The number of amides is 2. The number of rotatable bonds is 4. The Morgan fingerprint density at radius 2 is 2.11 bits per heavy atom. The van der Waals surface area contributed by atoms with Crippen molar-refractivity contribution in [2.75, 3.05) is 11.9 Å². The van der Waals surface area contributed by atoms with Crippen LogP contribution in [0.2, 0.25) is 0 Å². The molecule has 2 N–H and O–H groups in total. The zero-order chi connectivity index (χ0) is 14.6. The minimum Gasteiger partial charge on any atom is -0.480 e. The fourth-order valence-corrected chi connectivity index (χ4v) is 1.78. The van der Waals surface area contributed by atoms with E-state index in [0.717, 1.165) is 4.90 Å². The van der Waals surface area contributed by atoms with Crippen molar-refractivity contribution in [2.24, 2.45) is 0 Å². The van der Waals surface area contributed by atoms with Gasteiger partial charge in [0.05, 0.1) is 5.69 Å². The summed E-state index contributed by atoms with van der Waals surface area (Å²) in [5.41, 5.74) is -0.00425. The van der Waals surface area contributed by atoms with Gasteiger partial charge in [0.25, 0.3) is 0 Å². The molecule has 19 heavy (non-hydrogen) atoms. The number of hydrogen-bond donors (Lipinski definition) is 2. The number of carboxylic acid groups (broad SMARTS) is 1. The number of carbonyl (C=O) groups is 2. The van der Waals surface area contributed by atoms with Gasteiger partial charge in [-0.25, -0.2) is 9.18 Å². The molecule has 1 rings (SSSR count). The van der Waals surface area contributed by atoms with E-state index in [1.54, 1.807) is 13.8 Å². The van der Waals surface area contributed by atoms with Crippen molar-refractivity contribution >= 4 is 33.6 Å². The molecule has 0 atom stereocenters. The molecule has 0 fully saturated rings. The lowest BCUT2D eigenvalue weighted by Gasteiger charge is -2.25. The summed E-state index contributed by atoms with van der Waals surface area (Å²) in [6, 6.07) is 3.15. The van der Waals surface area contributed by atoms with E-state index in [9.17, 15) is 14.0 Å². The van der Waals surface area contributed by atoms with Crippen molar-refractivity contribution in [3.8, 4) is 0 Å². The number of anilines is 1. The van der Waals surface area contributed by atoms with Gasteiger partial charge >= 0.3 is 12.0 Å². The maximum atomic E-state index is 13.5. The zero-order valence-corrected chi connectivity index (χ0v) is 12.1. The van der Waals surface area contributed by atoms with E-state index in [-0.39, 0.29) is 11.7 Å². The fourth-order valence-electron chi connectivity index (χ4n) is 1.41. The van der Waals surface area contributed by atoms with Crippen molar-refractivity contribution in [1.29, 1.82) is 0 Å². The van der Waals surface area contributed by atoms with Gasteiger partial charge in [-0.3, -0.25) is 4.79 Å². The first-order valence-corrected chi connectivity index (χ1v) is 6.35. The van der Waals surface area contributed by atoms with Crippen LogP contribution in [0.1, 0.15) is 13.8 Å². The molecule has 1 aromatic carbocycles. The molecule has 5 nitrogen and oxygen atoms in total. The molecule has 0 heterocycles. The van der Waals surface area contributed by atoms with Gasteiger partial charge in [-0.1, -0.05) is 15.9 Å². The Morgan fingerprint density at radius 3 is 2.63 bits per heavy atom. The van der Waals surface area contributed by atoms with Gasteiger partial charge in [0.15, 0.2) is 0 Å². The maximum absolute atomic E-state index is 13.5. The van der Waals surface area contributed by atoms with Crippen molar-refractivity contribution in [1.82, 2.24) is 4.90 Å². The third-order valence-corrected chi connectivity index (χ3v) is 2.85. The number of hydrogen-bond acceptors (Lipinski definition) is 2. The smallest absolute Gasteiger partial charge is 0.323 e. The monoisotopic (exact) mass is 332 g/mol. The highest BCUT2D eigenvalue weighted by Gasteiger charge is 2.20. The van der Waals surface area contributed by atoms with E-state index >= 15 is 0 Å². The van der Waals surface area contributed by atoms with Crippen LogP contribution in [0, 0.1) is 5.82 Å². The average Bonchev–Trinajstić information content (AvgIpc) is 2.30. The van der Waals surface area contributed by atoms with Gasteiger partial charge in [-0.15, -0.1) is 0 Å². The van der Waals surface area contributed by atoms with E-state index in [0.29, 0.717) is 4.47 Å². The molecule has 0 saturated carbocycles. The van der Waals surface area contributed by atoms with Gasteiger partial charge in [-0.05, 0) is 32.0 Å². The number of halogens is 2. The Balaban J connectivity index is 2.87. The molecule has 104 valence electrons. The van der Waals surface area contributed by atoms with E-state index < -0.39 is 24.4 Å². The fraction of sp³-hybridized carbons (Fsp3) is 0.333. The second kappa shape index (κ2) is 6.51. The summed E-state index contributed by atoms with van der Waals surface area (Å²) in [5.74, 6) is -1.71. The Labute approximate surface area is 118 Å². The first-order chi connectivity index (χ1) is 8.81. The summed E-state index contributed by atoms with van der Waals surface area (Å²) in [6.45, 7) is 2.92. The van der Waals surface area contributed by atoms with Crippen LogP contribution in [-0.4, -0.2) is 34.6 Å². The van der Waals surface area contributed by atoms with E-state index in [4.69, 9.17) is 5.11 Å². The maximum Gasteiger partial charge on any atom is 0.323 e. The minimum absolute atomic E-state index is 0.00425. The lowest BCUT2D eigenvalue weighted by Crippen LogP contribution is -2.43.